The molecule has 1 aliphatic rings. The Kier molecular flexibility index (Phi) is 6.00. The predicted molar refractivity (Wildman–Crippen MR) is 87.7 cm³/mol. The lowest BCUT2D eigenvalue weighted by molar-refractivity contribution is 0.205. The predicted octanol–water partition coefficient (Wildman–Crippen LogP) is 1.34. The van der Waals surface area contributed by atoms with Crippen molar-refractivity contribution in [3.63, 3.8) is 0 Å². The van der Waals surface area contributed by atoms with E-state index in [1.807, 2.05) is 30.8 Å². The van der Waals surface area contributed by atoms with Crippen LogP contribution in [0.2, 0.25) is 0 Å². The molecule has 122 valence electrons. The first-order chi connectivity index (χ1) is 10.6. The molecule has 1 saturated heterocycles. The Balaban J connectivity index is 1.66. The highest BCUT2D eigenvalue weighted by atomic mass is 16.2. The van der Waals surface area contributed by atoms with Crippen LogP contribution in [0.4, 0.5) is 4.79 Å². The molecule has 1 fully saturated rings. The first-order valence-electron chi connectivity index (χ1n) is 7.90. The van der Waals surface area contributed by atoms with Gasteiger partial charge in [0.15, 0.2) is 0 Å². The summed E-state index contributed by atoms with van der Waals surface area (Å²) in [5, 5.41) is 3.04. The molecule has 1 aromatic rings. The molecule has 1 aromatic heterocycles. The highest BCUT2D eigenvalue weighted by Gasteiger charge is 2.22. The van der Waals surface area contributed by atoms with E-state index in [9.17, 15) is 4.79 Å². The van der Waals surface area contributed by atoms with Gasteiger partial charge >= 0.3 is 6.03 Å². The van der Waals surface area contributed by atoms with Gasteiger partial charge in [-0.3, -0.25) is 4.90 Å². The van der Waals surface area contributed by atoms with Gasteiger partial charge in [-0.1, -0.05) is 6.08 Å². The zero-order valence-electron chi connectivity index (χ0n) is 13.7. The Bertz CT molecular complexity index is 498. The molecule has 0 spiro atoms. The first-order valence-corrected chi connectivity index (χ1v) is 7.90. The van der Waals surface area contributed by atoms with Crippen molar-refractivity contribution >= 4 is 6.03 Å². The van der Waals surface area contributed by atoms with Crippen LogP contribution in [-0.4, -0.2) is 65.2 Å². The minimum Gasteiger partial charge on any atom is -0.338 e. The van der Waals surface area contributed by atoms with Crippen molar-refractivity contribution in [2.45, 2.75) is 19.9 Å². The SMILES string of the molecule is C=CCN1CC[C@H](CNC(=O)N(C)CCn2ccnc2C)C1. The van der Waals surface area contributed by atoms with Crippen molar-refractivity contribution in [2.24, 2.45) is 5.92 Å². The lowest BCUT2D eigenvalue weighted by Crippen LogP contribution is -2.41. The second-order valence-corrected chi connectivity index (χ2v) is 5.98. The van der Waals surface area contributed by atoms with Crippen LogP contribution in [0.5, 0.6) is 0 Å². The van der Waals surface area contributed by atoms with E-state index in [0.717, 1.165) is 45.0 Å². The molecule has 1 aliphatic heterocycles. The van der Waals surface area contributed by atoms with E-state index in [1.165, 1.54) is 0 Å². The molecule has 2 heterocycles. The molecule has 0 radical (unpaired) electrons. The fourth-order valence-electron chi connectivity index (χ4n) is 2.79. The number of rotatable bonds is 7. The summed E-state index contributed by atoms with van der Waals surface area (Å²) in [6, 6.07) is -0.0000564. The Hall–Kier alpha value is -1.82. The summed E-state index contributed by atoms with van der Waals surface area (Å²) >= 11 is 0. The molecule has 2 amide bonds. The van der Waals surface area contributed by atoms with E-state index < -0.39 is 0 Å². The van der Waals surface area contributed by atoms with Crippen molar-refractivity contribution in [3.05, 3.63) is 30.9 Å². The lowest BCUT2D eigenvalue weighted by atomic mass is 10.1. The molecule has 6 heteroatoms. The van der Waals surface area contributed by atoms with E-state index in [0.29, 0.717) is 12.5 Å². The zero-order valence-corrected chi connectivity index (χ0v) is 13.7. The van der Waals surface area contributed by atoms with Gasteiger partial charge < -0.3 is 14.8 Å². The summed E-state index contributed by atoms with van der Waals surface area (Å²) in [4.78, 5) is 20.4. The summed E-state index contributed by atoms with van der Waals surface area (Å²) in [5.74, 6) is 1.52. The van der Waals surface area contributed by atoms with Crippen LogP contribution in [0, 0.1) is 12.8 Å². The third kappa shape index (κ3) is 4.59. The largest absolute Gasteiger partial charge is 0.338 e. The molecule has 1 atom stereocenters. The van der Waals surface area contributed by atoms with Crippen molar-refractivity contribution in [2.75, 3.05) is 39.8 Å². The average molecular weight is 305 g/mol. The van der Waals surface area contributed by atoms with Crippen molar-refractivity contribution in [3.8, 4) is 0 Å². The topological polar surface area (TPSA) is 53.4 Å². The number of carbonyl (C=O) groups is 1. The Morgan fingerprint density at radius 3 is 3.14 bits per heavy atom. The summed E-state index contributed by atoms with van der Waals surface area (Å²) in [7, 11) is 1.83. The van der Waals surface area contributed by atoms with Crippen molar-refractivity contribution in [1.82, 2.24) is 24.7 Å². The minimum absolute atomic E-state index is 0.0000564. The van der Waals surface area contributed by atoms with Gasteiger partial charge in [0.2, 0.25) is 0 Å². The molecular formula is C16H27N5O. The number of amides is 2. The number of hydrogen-bond acceptors (Lipinski definition) is 3. The molecule has 2 rings (SSSR count). The van der Waals surface area contributed by atoms with Crippen LogP contribution in [0.1, 0.15) is 12.2 Å². The molecule has 0 aromatic carbocycles. The quantitative estimate of drug-likeness (QED) is 0.774. The Labute approximate surface area is 132 Å². The third-order valence-electron chi connectivity index (χ3n) is 4.25. The van der Waals surface area contributed by atoms with Crippen molar-refractivity contribution < 1.29 is 4.79 Å². The third-order valence-corrected chi connectivity index (χ3v) is 4.25. The highest BCUT2D eigenvalue weighted by Crippen LogP contribution is 2.14. The number of likely N-dealkylation sites (N-methyl/N-ethyl adjacent to an activating group) is 1. The van der Waals surface area contributed by atoms with Crippen LogP contribution in [0.3, 0.4) is 0 Å². The van der Waals surface area contributed by atoms with E-state index in [1.54, 1.807) is 11.1 Å². The minimum atomic E-state index is -0.0000564. The standard InChI is InChI=1S/C16H27N5O/c1-4-7-20-8-5-15(13-20)12-18-16(22)19(3)10-11-21-9-6-17-14(21)2/h4,6,9,15H,1,5,7-8,10-13H2,2-3H3,(H,18,22)/t15-/m1/s1. The Morgan fingerprint density at radius 2 is 2.45 bits per heavy atom. The maximum absolute atomic E-state index is 12.1. The van der Waals surface area contributed by atoms with E-state index >= 15 is 0 Å². The number of carbonyl (C=O) groups excluding carboxylic acids is 1. The molecular weight excluding hydrogens is 278 g/mol. The maximum Gasteiger partial charge on any atom is 0.317 e. The molecule has 0 unspecified atom stereocenters. The Morgan fingerprint density at radius 1 is 1.64 bits per heavy atom. The smallest absolute Gasteiger partial charge is 0.317 e. The normalized spacial score (nSPS) is 18.4. The maximum atomic E-state index is 12.1. The number of aromatic nitrogens is 2. The van der Waals surface area contributed by atoms with E-state index in [4.69, 9.17) is 0 Å². The summed E-state index contributed by atoms with van der Waals surface area (Å²) in [6.07, 6.45) is 6.80. The van der Waals surface area contributed by atoms with Crippen LogP contribution in [0.15, 0.2) is 25.0 Å². The molecule has 0 saturated carbocycles. The van der Waals surface area contributed by atoms with E-state index in [-0.39, 0.29) is 6.03 Å². The molecule has 0 aliphatic carbocycles. The second-order valence-electron chi connectivity index (χ2n) is 5.98. The number of aryl methyl sites for hydroxylation is 1. The number of hydrogen-bond donors (Lipinski definition) is 1. The van der Waals surface area contributed by atoms with Gasteiger partial charge in [-0.15, -0.1) is 6.58 Å². The molecule has 22 heavy (non-hydrogen) atoms. The molecule has 6 nitrogen and oxygen atoms in total. The number of nitrogens with zero attached hydrogens (tertiary/aromatic N) is 4. The average Bonchev–Trinajstić information content (AvgIpc) is 3.12. The number of nitrogens with one attached hydrogen (secondary N) is 1. The van der Waals surface area contributed by atoms with Crippen LogP contribution in [-0.2, 0) is 6.54 Å². The number of imidazole rings is 1. The first kappa shape index (κ1) is 16.5. The van der Waals surface area contributed by atoms with E-state index in [2.05, 4.69) is 21.8 Å². The monoisotopic (exact) mass is 305 g/mol. The van der Waals surface area contributed by atoms with Gasteiger partial charge in [-0.2, -0.15) is 0 Å². The fourth-order valence-corrected chi connectivity index (χ4v) is 2.79. The second kappa shape index (κ2) is 7.98. The molecule has 0 bridgehead atoms. The number of likely N-dealkylation sites (tertiary alicyclic amines) is 1. The summed E-state index contributed by atoms with van der Waals surface area (Å²) in [6.45, 7) is 11.0. The highest BCUT2D eigenvalue weighted by molar-refractivity contribution is 5.73. The van der Waals surface area contributed by atoms with Crippen LogP contribution in [0.25, 0.3) is 0 Å². The summed E-state index contributed by atoms with van der Waals surface area (Å²) < 4.78 is 2.05. The van der Waals surface area contributed by atoms with Crippen LogP contribution >= 0.6 is 0 Å². The van der Waals surface area contributed by atoms with Crippen molar-refractivity contribution in [1.29, 1.82) is 0 Å². The van der Waals surface area contributed by atoms with Gasteiger partial charge in [0.05, 0.1) is 0 Å². The fraction of sp³-hybridized carbons (Fsp3) is 0.625. The van der Waals surface area contributed by atoms with Crippen LogP contribution < -0.4 is 5.32 Å². The summed E-state index contributed by atoms with van der Waals surface area (Å²) in [5.41, 5.74) is 0. The number of urea groups is 1. The van der Waals surface area contributed by atoms with Gasteiger partial charge in [0.1, 0.15) is 5.82 Å². The van der Waals surface area contributed by atoms with Gasteiger partial charge in [0.25, 0.3) is 0 Å². The lowest BCUT2D eigenvalue weighted by Gasteiger charge is -2.20. The van der Waals surface area contributed by atoms with Gasteiger partial charge in [-0.05, 0) is 25.8 Å². The van der Waals surface area contributed by atoms with Gasteiger partial charge in [-0.25, -0.2) is 9.78 Å². The molecule has 1 N–H and O–H groups in total. The van der Waals surface area contributed by atoms with Gasteiger partial charge in [0, 0.05) is 52.2 Å². The zero-order chi connectivity index (χ0) is 15.9.